The van der Waals surface area contributed by atoms with Crippen LogP contribution in [-0.4, -0.2) is 56.1 Å². The number of sulfonamides is 1. The molecule has 1 aliphatic rings. The van der Waals surface area contributed by atoms with E-state index in [1.54, 1.807) is 13.8 Å². The number of ether oxygens (including phenoxy) is 1. The SMILES string of the molecule is Cc1c(C)c(S(=O)(=O)NC(N)=NCCC[C@H](NC(=O)CN)C(=O)O)c(C)c2c1OC(C)(C)C2. The summed E-state index contributed by atoms with van der Waals surface area (Å²) < 4.78 is 34.6. The van der Waals surface area contributed by atoms with E-state index in [4.69, 9.17) is 21.3 Å². The number of fused-ring (bicyclic) bond motifs is 1. The average molecular weight is 484 g/mol. The molecular weight excluding hydrogens is 450 g/mol. The van der Waals surface area contributed by atoms with Crippen molar-refractivity contribution >= 4 is 27.9 Å². The van der Waals surface area contributed by atoms with E-state index < -0.39 is 33.5 Å². The summed E-state index contributed by atoms with van der Waals surface area (Å²) in [4.78, 5) is 26.7. The number of nitrogens with two attached hydrogens (primary N) is 2. The molecule has 0 unspecified atom stereocenters. The predicted octanol–water partition coefficient (Wildman–Crippen LogP) is 0.227. The van der Waals surface area contributed by atoms with Crippen molar-refractivity contribution < 1.29 is 27.9 Å². The molecule has 0 spiro atoms. The molecule has 7 N–H and O–H groups in total. The molecule has 1 amide bonds. The van der Waals surface area contributed by atoms with Crippen LogP contribution in [0.5, 0.6) is 5.75 Å². The molecule has 1 aromatic carbocycles. The van der Waals surface area contributed by atoms with Gasteiger partial charge in [0.05, 0.1) is 11.4 Å². The highest BCUT2D eigenvalue weighted by Gasteiger charge is 2.36. The van der Waals surface area contributed by atoms with E-state index in [-0.39, 0.29) is 36.8 Å². The Balaban J connectivity index is 2.13. The molecule has 0 fully saturated rings. The van der Waals surface area contributed by atoms with Gasteiger partial charge in [0, 0.05) is 18.5 Å². The van der Waals surface area contributed by atoms with E-state index in [0.29, 0.717) is 17.5 Å². The van der Waals surface area contributed by atoms with Crippen molar-refractivity contribution in [2.45, 2.75) is 70.4 Å². The molecule has 0 bridgehead atoms. The summed E-state index contributed by atoms with van der Waals surface area (Å²) in [6, 6.07) is -1.11. The third-order valence-corrected chi connectivity index (χ3v) is 7.18. The van der Waals surface area contributed by atoms with E-state index >= 15 is 0 Å². The molecule has 11 nitrogen and oxygen atoms in total. The van der Waals surface area contributed by atoms with Gasteiger partial charge in [0.15, 0.2) is 0 Å². The Morgan fingerprint density at radius 3 is 2.42 bits per heavy atom. The lowest BCUT2D eigenvalue weighted by molar-refractivity contribution is -0.141. The van der Waals surface area contributed by atoms with Crippen molar-refractivity contribution in [3.05, 3.63) is 22.3 Å². The number of guanidine groups is 1. The van der Waals surface area contributed by atoms with Crippen molar-refractivity contribution in [1.29, 1.82) is 0 Å². The van der Waals surface area contributed by atoms with Crippen LogP contribution in [0.15, 0.2) is 9.89 Å². The first kappa shape index (κ1) is 26.4. The monoisotopic (exact) mass is 483 g/mol. The molecule has 0 saturated carbocycles. The van der Waals surface area contributed by atoms with Gasteiger partial charge in [-0.15, -0.1) is 0 Å². The van der Waals surface area contributed by atoms with Gasteiger partial charge in [0.2, 0.25) is 11.9 Å². The number of benzene rings is 1. The summed E-state index contributed by atoms with van der Waals surface area (Å²) in [7, 11) is -4.01. The quantitative estimate of drug-likeness (QED) is 0.187. The summed E-state index contributed by atoms with van der Waals surface area (Å²) >= 11 is 0. The fraction of sp³-hybridized carbons (Fsp3) is 0.571. The van der Waals surface area contributed by atoms with Gasteiger partial charge in [-0.1, -0.05) is 0 Å². The van der Waals surface area contributed by atoms with Crippen LogP contribution in [0.25, 0.3) is 0 Å². The highest BCUT2D eigenvalue weighted by Crippen LogP contribution is 2.43. The Morgan fingerprint density at radius 1 is 1.21 bits per heavy atom. The van der Waals surface area contributed by atoms with Crippen molar-refractivity contribution in [3.8, 4) is 5.75 Å². The van der Waals surface area contributed by atoms with Crippen molar-refractivity contribution in [3.63, 3.8) is 0 Å². The summed E-state index contributed by atoms with van der Waals surface area (Å²) in [6.45, 7) is 8.96. The zero-order chi connectivity index (χ0) is 25.1. The predicted molar refractivity (Wildman–Crippen MR) is 124 cm³/mol. The molecule has 0 saturated heterocycles. The first-order valence-corrected chi connectivity index (χ1v) is 12.0. The lowest BCUT2D eigenvalue weighted by atomic mass is 9.94. The van der Waals surface area contributed by atoms with Gasteiger partial charge < -0.3 is 26.6 Å². The van der Waals surface area contributed by atoms with Crippen LogP contribution in [0.1, 0.15) is 48.9 Å². The second-order valence-electron chi connectivity index (χ2n) is 8.73. The third-order valence-electron chi connectivity index (χ3n) is 5.55. The maximum Gasteiger partial charge on any atom is 0.326 e. The number of carbonyl (C=O) groups is 2. The zero-order valence-corrected chi connectivity index (χ0v) is 20.4. The number of nitrogens with one attached hydrogen (secondary N) is 2. The zero-order valence-electron chi connectivity index (χ0n) is 19.6. The molecule has 1 aliphatic heterocycles. The van der Waals surface area contributed by atoms with E-state index in [9.17, 15) is 18.0 Å². The molecule has 1 atom stereocenters. The topological polar surface area (TPSA) is 186 Å². The Bertz CT molecular complexity index is 1080. The lowest BCUT2D eigenvalue weighted by Gasteiger charge is -2.19. The number of carboxylic acid groups (broad SMARTS) is 1. The Morgan fingerprint density at radius 2 is 1.85 bits per heavy atom. The van der Waals surface area contributed by atoms with Gasteiger partial charge in [-0.3, -0.25) is 9.79 Å². The van der Waals surface area contributed by atoms with Crippen LogP contribution in [0, 0.1) is 20.8 Å². The lowest BCUT2D eigenvalue weighted by Crippen LogP contribution is -2.43. The number of amides is 1. The highest BCUT2D eigenvalue weighted by molar-refractivity contribution is 7.90. The Labute approximate surface area is 194 Å². The van der Waals surface area contributed by atoms with Crippen LogP contribution in [0.3, 0.4) is 0 Å². The van der Waals surface area contributed by atoms with Crippen LogP contribution < -0.4 is 26.2 Å². The van der Waals surface area contributed by atoms with Crippen LogP contribution >= 0.6 is 0 Å². The number of aliphatic carboxylic acids is 1. The van der Waals surface area contributed by atoms with Crippen LogP contribution in [-0.2, 0) is 26.0 Å². The molecule has 0 aromatic heterocycles. The minimum atomic E-state index is -4.01. The van der Waals surface area contributed by atoms with Crippen molar-refractivity contribution in [2.24, 2.45) is 16.5 Å². The first-order valence-electron chi connectivity index (χ1n) is 10.6. The van der Waals surface area contributed by atoms with E-state index in [0.717, 1.165) is 16.9 Å². The van der Waals surface area contributed by atoms with Crippen molar-refractivity contribution in [2.75, 3.05) is 13.1 Å². The number of aliphatic imine (C=N–C) groups is 1. The summed E-state index contributed by atoms with van der Waals surface area (Å²) in [5, 5.41) is 11.5. The second-order valence-corrected chi connectivity index (χ2v) is 10.3. The Kier molecular flexibility index (Phi) is 7.96. The van der Waals surface area contributed by atoms with Gasteiger partial charge in [0.1, 0.15) is 17.4 Å². The highest BCUT2D eigenvalue weighted by atomic mass is 32.2. The molecular formula is C21H33N5O6S. The number of carboxylic acids is 1. The number of hydrogen-bond acceptors (Lipinski definition) is 7. The molecule has 2 rings (SSSR count). The summed E-state index contributed by atoms with van der Waals surface area (Å²) in [6.07, 6.45) is 0.933. The van der Waals surface area contributed by atoms with Gasteiger partial charge >= 0.3 is 5.97 Å². The van der Waals surface area contributed by atoms with E-state index in [1.807, 2.05) is 20.8 Å². The van der Waals surface area contributed by atoms with Gasteiger partial charge in [0.25, 0.3) is 10.0 Å². The molecule has 0 aliphatic carbocycles. The van der Waals surface area contributed by atoms with E-state index in [2.05, 4.69) is 15.0 Å². The van der Waals surface area contributed by atoms with Crippen molar-refractivity contribution in [1.82, 2.24) is 10.0 Å². The smallest absolute Gasteiger partial charge is 0.326 e. The molecule has 1 aromatic rings. The first-order chi connectivity index (χ1) is 15.2. The summed E-state index contributed by atoms with van der Waals surface area (Å²) in [5.41, 5.74) is 13.4. The number of carbonyl (C=O) groups excluding carboxylic acids is 1. The van der Waals surface area contributed by atoms with Gasteiger partial charge in [-0.2, -0.15) is 0 Å². The number of nitrogens with zero attached hydrogens (tertiary/aromatic N) is 1. The largest absolute Gasteiger partial charge is 0.487 e. The van der Waals surface area contributed by atoms with Gasteiger partial charge in [-0.05, 0) is 64.2 Å². The minimum absolute atomic E-state index is 0.0693. The summed E-state index contributed by atoms with van der Waals surface area (Å²) in [5.74, 6) is -1.35. The normalized spacial score (nSPS) is 16.0. The second kappa shape index (κ2) is 9.96. The maximum atomic E-state index is 13.1. The molecule has 1 heterocycles. The fourth-order valence-corrected chi connectivity index (χ4v) is 5.40. The molecule has 12 heteroatoms. The Hall–Kier alpha value is -2.86. The molecule has 33 heavy (non-hydrogen) atoms. The standard InChI is InChI=1S/C21H33N5O6S/c1-11-12(2)18(13(3)14-9-21(4,5)32-17(11)14)33(30,31)26-20(23)24-8-6-7-15(19(28)29)25-16(27)10-22/h15H,6-10,22H2,1-5H3,(H,25,27)(H,28,29)(H3,23,24,26)/t15-/m0/s1. The van der Waals surface area contributed by atoms with Crippen LogP contribution in [0.4, 0.5) is 0 Å². The average Bonchev–Trinajstić information content (AvgIpc) is 3.03. The number of hydrogen-bond donors (Lipinski definition) is 5. The third kappa shape index (κ3) is 6.14. The maximum absolute atomic E-state index is 13.1. The van der Waals surface area contributed by atoms with E-state index in [1.165, 1.54) is 0 Å². The minimum Gasteiger partial charge on any atom is -0.487 e. The molecule has 184 valence electrons. The molecule has 0 radical (unpaired) electrons. The fourth-order valence-electron chi connectivity index (χ4n) is 3.87. The number of rotatable bonds is 9. The van der Waals surface area contributed by atoms with Crippen LogP contribution in [0.2, 0.25) is 0 Å². The van der Waals surface area contributed by atoms with Gasteiger partial charge in [-0.25, -0.2) is 17.9 Å².